The minimum Gasteiger partial charge on any atom is -0.349 e. The molecule has 0 atom stereocenters. The largest absolute Gasteiger partial charge is 0.349 e. The average molecular weight is 498 g/mol. The van der Waals surface area contributed by atoms with Gasteiger partial charge < -0.3 is 10.2 Å². The van der Waals surface area contributed by atoms with E-state index in [4.69, 9.17) is 0 Å². The summed E-state index contributed by atoms with van der Waals surface area (Å²) in [5.41, 5.74) is 1.72. The van der Waals surface area contributed by atoms with Crippen LogP contribution in [0.2, 0.25) is 0 Å². The zero-order chi connectivity index (χ0) is 18.3. The van der Waals surface area contributed by atoms with E-state index in [1.54, 1.807) is 0 Å². The number of nitrogens with one attached hydrogen (secondary N) is 1. The molecule has 7 heteroatoms. The molecule has 1 aromatic carbocycles. The summed E-state index contributed by atoms with van der Waals surface area (Å²) in [5.74, 6) is 0.0573. The summed E-state index contributed by atoms with van der Waals surface area (Å²) < 4.78 is 1.84. The summed E-state index contributed by atoms with van der Waals surface area (Å²) >= 11 is 8.36. The summed E-state index contributed by atoms with van der Waals surface area (Å²) in [4.78, 5) is 27.7. The van der Waals surface area contributed by atoms with E-state index in [2.05, 4.69) is 37.2 Å². The Bertz CT molecular complexity index is 822. The van der Waals surface area contributed by atoms with E-state index in [0.717, 1.165) is 44.4 Å². The standard InChI is InChI=1S/C19H18Br2N2O2S/c20-15-9-16(26-17(15)21)19(25)23(14-7-8-14)10-11-1-3-12(4-2-11)18(24)22-13-5-6-13/h1-4,9,13-14H,5-8,10H2,(H,22,24). The van der Waals surface area contributed by atoms with Gasteiger partial charge >= 0.3 is 0 Å². The smallest absolute Gasteiger partial charge is 0.264 e. The second kappa shape index (κ2) is 7.44. The van der Waals surface area contributed by atoms with Gasteiger partial charge in [0.2, 0.25) is 0 Å². The van der Waals surface area contributed by atoms with Crippen LogP contribution in [0.5, 0.6) is 0 Å². The number of hydrogen-bond donors (Lipinski definition) is 1. The SMILES string of the molecule is O=C(NC1CC1)c1ccc(CN(C(=O)c2cc(Br)c(Br)s2)C2CC2)cc1. The van der Waals surface area contributed by atoms with Crippen LogP contribution >= 0.6 is 43.2 Å². The molecule has 2 saturated carbocycles. The summed E-state index contributed by atoms with van der Waals surface area (Å²) in [6.45, 7) is 0.571. The molecule has 136 valence electrons. The van der Waals surface area contributed by atoms with Crippen LogP contribution in [0.25, 0.3) is 0 Å². The van der Waals surface area contributed by atoms with E-state index in [1.807, 2.05) is 35.2 Å². The number of carbonyl (C=O) groups is 2. The Balaban J connectivity index is 1.46. The van der Waals surface area contributed by atoms with Crippen LogP contribution in [-0.4, -0.2) is 28.8 Å². The van der Waals surface area contributed by atoms with Crippen molar-refractivity contribution in [3.05, 3.63) is 54.6 Å². The molecule has 1 aromatic heterocycles. The van der Waals surface area contributed by atoms with Crippen molar-refractivity contribution < 1.29 is 9.59 Å². The molecule has 4 nitrogen and oxygen atoms in total. The maximum Gasteiger partial charge on any atom is 0.264 e. The van der Waals surface area contributed by atoms with E-state index in [1.165, 1.54) is 11.3 Å². The van der Waals surface area contributed by atoms with Crippen LogP contribution < -0.4 is 5.32 Å². The van der Waals surface area contributed by atoms with Gasteiger partial charge in [-0.1, -0.05) is 12.1 Å². The van der Waals surface area contributed by atoms with Gasteiger partial charge in [-0.2, -0.15) is 0 Å². The number of carbonyl (C=O) groups excluding carboxylic acids is 2. The van der Waals surface area contributed by atoms with Gasteiger partial charge in [0.05, 0.1) is 8.66 Å². The van der Waals surface area contributed by atoms with Crippen molar-refractivity contribution >= 4 is 55.0 Å². The molecule has 2 aromatic rings. The molecule has 0 radical (unpaired) electrons. The van der Waals surface area contributed by atoms with Gasteiger partial charge in [-0.3, -0.25) is 9.59 Å². The first kappa shape index (κ1) is 18.2. The van der Waals surface area contributed by atoms with Crippen molar-refractivity contribution in [2.75, 3.05) is 0 Å². The predicted octanol–water partition coefficient (Wildman–Crippen LogP) is 4.97. The van der Waals surface area contributed by atoms with Crippen molar-refractivity contribution in [3.63, 3.8) is 0 Å². The summed E-state index contributed by atoms with van der Waals surface area (Å²) in [6.07, 6.45) is 4.27. The van der Waals surface area contributed by atoms with Gasteiger partial charge in [-0.05, 0) is 81.3 Å². The zero-order valence-electron chi connectivity index (χ0n) is 14.0. The van der Waals surface area contributed by atoms with E-state index >= 15 is 0 Å². The van der Waals surface area contributed by atoms with Crippen LogP contribution in [0.1, 0.15) is 51.3 Å². The van der Waals surface area contributed by atoms with Crippen molar-refractivity contribution in [2.45, 2.75) is 44.3 Å². The molecule has 1 heterocycles. The van der Waals surface area contributed by atoms with E-state index in [0.29, 0.717) is 24.2 Å². The van der Waals surface area contributed by atoms with Crippen LogP contribution in [0.15, 0.2) is 38.6 Å². The lowest BCUT2D eigenvalue weighted by molar-refractivity contribution is 0.0734. The van der Waals surface area contributed by atoms with Crippen LogP contribution in [0, 0.1) is 0 Å². The molecule has 0 saturated heterocycles. The van der Waals surface area contributed by atoms with Crippen molar-refractivity contribution in [2.24, 2.45) is 0 Å². The molecule has 2 aliphatic carbocycles. The van der Waals surface area contributed by atoms with Gasteiger partial charge in [0, 0.05) is 28.7 Å². The minimum absolute atomic E-state index is 0.0116. The third kappa shape index (κ3) is 4.21. The van der Waals surface area contributed by atoms with E-state index < -0.39 is 0 Å². The van der Waals surface area contributed by atoms with E-state index in [-0.39, 0.29) is 11.8 Å². The van der Waals surface area contributed by atoms with Gasteiger partial charge in [-0.25, -0.2) is 0 Å². The van der Waals surface area contributed by atoms with Crippen molar-refractivity contribution in [1.82, 2.24) is 10.2 Å². The fourth-order valence-electron chi connectivity index (χ4n) is 2.80. The molecular weight excluding hydrogens is 480 g/mol. The van der Waals surface area contributed by atoms with E-state index in [9.17, 15) is 9.59 Å². The number of amides is 2. The average Bonchev–Trinajstić information content (AvgIpc) is 3.54. The van der Waals surface area contributed by atoms with Crippen LogP contribution in [-0.2, 0) is 6.54 Å². The quantitative estimate of drug-likeness (QED) is 0.612. The van der Waals surface area contributed by atoms with Crippen LogP contribution in [0.3, 0.4) is 0 Å². The fourth-order valence-corrected chi connectivity index (χ4v) is 4.79. The first-order valence-corrected chi connectivity index (χ1v) is 11.1. The molecule has 4 rings (SSSR count). The highest BCUT2D eigenvalue weighted by Crippen LogP contribution is 2.36. The Morgan fingerprint density at radius 3 is 2.35 bits per heavy atom. The molecule has 0 spiro atoms. The van der Waals surface area contributed by atoms with Crippen molar-refractivity contribution in [1.29, 1.82) is 0 Å². The number of halogens is 2. The molecule has 2 fully saturated rings. The molecule has 0 aliphatic heterocycles. The molecule has 1 N–H and O–H groups in total. The molecule has 0 unspecified atom stereocenters. The summed E-state index contributed by atoms with van der Waals surface area (Å²) in [6, 6.07) is 10.1. The minimum atomic E-state index is -0.0116. The highest BCUT2D eigenvalue weighted by molar-refractivity contribution is 9.13. The normalized spacial score (nSPS) is 16.4. The van der Waals surface area contributed by atoms with Gasteiger partial charge in [0.1, 0.15) is 0 Å². The number of rotatable bonds is 6. The lowest BCUT2D eigenvalue weighted by Crippen LogP contribution is -2.32. The molecular formula is C19H18Br2N2O2S. The second-order valence-corrected chi connectivity index (χ2v) is 10.1. The second-order valence-electron chi connectivity index (χ2n) is 6.84. The van der Waals surface area contributed by atoms with Gasteiger partial charge in [0.25, 0.3) is 11.8 Å². The lowest BCUT2D eigenvalue weighted by atomic mass is 10.1. The van der Waals surface area contributed by atoms with Crippen molar-refractivity contribution in [3.8, 4) is 0 Å². The number of thiophene rings is 1. The van der Waals surface area contributed by atoms with Gasteiger partial charge in [-0.15, -0.1) is 11.3 Å². The molecule has 26 heavy (non-hydrogen) atoms. The number of hydrogen-bond acceptors (Lipinski definition) is 3. The summed E-state index contributed by atoms with van der Waals surface area (Å²) in [5, 5.41) is 2.99. The van der Waals surface area contributed by atoms with Gasteiger partial charge in [0.15, 0.2) is 0 Å². The Morgan fingerprint density at radius 1 is 1.12 bits per heavy atom. The molecule has 2 aliphatic rings. The molecule has 2 amide bonds. The lowest BCUT2D eigenvalue weighted by Gasteiger charge is -2.22. The summed E-state index contributed by atoms with van der Waals surface area (Å²) in [7, 11) is 0. The highest BCUT2D eigenvalue weighted by atomic mass is 79.9. The Morgan fingerprint density at radius 2 is 1.81 bits per heavy atom. The monoisotopic (exact) mass is 496 g/mol. The molecule has 0 bridgehead atoms. The third-order valence-electron chi connectivity index (χ3n) is 4.59. The maximum absolute atomic E-state index is 12.9. The predicted molar refractivity (Wildman–Crippen MR) is 110 cm³/mol. The Labute approximate surface area is 173 Å². The Hall–Kier alpha value is -1.18. The van der Waals surface area contributed by atoms with Crippen LogP contribution in [0.4, 0.5) is 0 Å². The fraction of sp³-hybridized carbons (Fsp3) is 0.368. The maximum atomic E-state index is 12.9. The zero-order valence-corrected chi connectivity index (χ0v) is 18.0. The number of nitrogens with zero attached hydrogens (tertiary/aromatic N) is 1. The first-order chi connectivity index (χ1) is 12.5. The first-order valence-electron chi connectivity index (χ1n) is 8.67. The Kier molecular flexibility index (Phi) is 5.21. The number of benzene rings is 1. The topological polar surface area (TPSA) is 49.4 Å². The third-order valence-corrected chi connectivity index (χ3v) is 7.83. The highest BCUT2D eigenvalue weighted by Gasteiger charge is 2.34.